The number of imidazole rings is 2. The Morgan fingerprint density at radius 2 is 1.17 bits per heavy atom. The maximum absolute atomic E-state index is 13.4. The lowest BCUT2D eigenvalue weighted by Gasteiger charge is -2.28. The number of aromatic nitrogens is 8. The molecule has 0 bridgehead atoms. The van der Waals surface area contributed by atoms with E-state index < -0.39 is 87.0 Å². The SMILES string of the molecule is Nc1nc2c(ncn2[C@@H]2O[C@@H]3CO[P@@](=O)(S)O[C@H]4[C@@H](O)[C@H](n5cnc6c(=O)[nH]c(N)nc65)O[C@@H]4CO[P@@](=O)(S)O[C@H]3[C@H]2O)c(=O)[nH]1. The van der Waals surface area contributed by atoms with E-state index in [1.165, 1.54) is 9.13 Å². The molecule has 0 saturated carbocycles. The molecule has 26 heteroatoms. The van der Waals surface area contributed by atoms with Crippen LogP contribution in [0, 0.1) is 0 Å². The fourth-order valence-corrected chi connectivity index (χ4v) is 8.37. The molecular formula is C20H24N10O12P2S2. The van der Waals surface area contributed by atoms with E-state index in [2.05, 4.69) is 54.4 Å². The van der Waals surface area contributed by atoms with Crippen LogP contribution >= 0.6 is 38.1 Å². The van der Waals surface area contributed by atoms with Crippen LogP contribution in [0.3, 0.4) is 0 Å². The first-order valence-electron chi connectivity index (χ1n) is 13.1. The van der Waals surface area contributed by atoms with Gasteiger partial charge in [-0.15, -0.1) is 0 Å². The average molecular weight is 723 g/mol. The predicted molar refractivity (Wildman–Crippen MR) is 160 cm³/mol. The monoisotopic (exact) mass is 722 g/mol. The van der Waals surface area contributed by atoms with E-state index in [0.29, 0.717) is 0 Å². The van der Waals surface area contributed by atoms with Gasteiger partial charge in [0.15, 0.2) is 34.8 Å². The van der Waals surface area contributed by atoms with E-state index in [9.17, 15) is 28.9 Å². The Morgan fingerprint density at radius 1 is 0.783 bits per heavy atom. The number of thiol groups is 2. The molecule has 3 aliphatic rings. The molecule has 0 radical (unpaired) electrons. The molecule has 7 rings (SSSR count). The third-order valence-electron chi connectivity index (χ3n) is 7.38. The van der Waals surface area contributed by atoms with Crippen molar-refractivity contribution in [1.29, 1.82) is 0 Å². The van der Waals surface area contributed by atoms with Gasteiger partial charge >= 0.3 is 13.6 Å². The normalized spacial score (nSPS) is 37.1. The van der Waals surface area contributed by atoms with Crippen molar-refractivity contribution in [2.75, 3.05) is 24.7 Å². The molecule has 0 unspecified atom stereocenters. The Hall–Kier alpha value is -2.86. The van der Waals surface area contributed by atoms with Crippen LogP contribution in [0.15, 0.2) is 22.2 Å². The van der Waals surface area contributed by atoms with Crippen molar-refractivity contribution < 1.29 is 46.9 Å². The number of anilines is 2. The van der Waals surface area contributed by atoms with Crippen LogP contribution in [-0.2, 0) is 36.7 Å². The summed E-state index contributed by atoms with van der Waals surface area (Å²) in [4.78, 5) is 45.2. The molecule has 22 nitrogen and oxygen atoms in total. The number of aliphatic hydroxyl groups is 2. The average Bonchev–Trinajstić information content (AvgIpc) is 3.72. The molecule has 46 heavy (non-hydrogen) atoms. The molecule has 10 atom stereocenters. The number of ether oxygens (including phenoxy) is 2. The quantitative estimate of drug-likeness (QED) is 0.0892. The number of H-pyrrole nitrogens is 2. The molecule has 7 heterocycles. The van der Waals surface area contributed by atoms with Gasteiger partial charge in [-0.25, -0.2) is 19.1 Å². The zero-order valence-corrected chi connectivity index (χ0v) is 26.4. The maximum Gasteiger partial charge on any atom is 0.386 e. The zero-order chi connectivity index (χ0) is 32.7. The highest BCUT2D eigenvalue weighted by molar-refractivity contribution is 8.44. The van der Waals surface area contributed by atoms with Crippen LogP contribution in [0.2, 0.25) is 0 Å². The molecule has 0 aliphatic carbocycles. The molecule has 8 N–H and O–H groups in total. The van der Waals surface area contributed by atoms with E-state index in [-0.39, 0.29) is 34.2 Å². The lowest BCUT2D eigenvalue weighted by molar-refractivity contribution is -0.0561. The molecule has 0 aromatic carbocycles. The molecule has 4 aromatic rings. The van der Waals surface area contributed by atoms with Gasteiger partial charge in [0.2, 0.25) is 11.9 Å². The van der Waals surface area contributed by atoms with Crippen molar-refractivity contribution in [3.05, 3.63) is 33.4 Å². The van der Waals surface area contributed by atoms with Gasteiger partial charge < -0.3 is 31.2 Å². The summed E-state index contributed by atoms with van der Waals surface area (Å²) in [6.07, 6.45) is -9.18. The Morgan fingerprint density at radius 3 is 1.57 bits per heavy atom. The molecule has 0 amide bonds. The van der Waals surface area contributed by atoms with Crippen LogP contribution in [0.1, 0.15) is 12.5 Å². The minimum absolute atomic E-state index is 0.0429. The first-order valence-corrected chi connectivity index (χ1v) is 18.5. The number of nitrogens with two attached hydrogens (primary N) is 2. The fraction of sp³-hybridized carbons (Fsp3) is 0.500. The second-order valence-electron chi connectivity index (χ2n) is 10.3. The molecule has 0 spiro atoms. The largest absolute Gasteiger partial charge is 0.386 e. The fourth-order valence-electron chi connectivity index (χ4n) is 5.39. The van der Waals surface area contributed by atoms with E-state index in [0.717, 1.165) is 12.7 Å². The number of nitrogens with one attached hydrogen (secondary N) is 2. The third kappa shape index (κ3) is 5.56. The number of hydrogen-bond donors (Lipinski definition) is 8. The number of hydrogen-bond acceptors (Lipinski definition) is 18. The minimum atomic E-state index is -4.36. The van der Waals surface area contributed by atoms with Gasteiger partial charge in [0.1, 0.15) is 36.6 Å². The first kappa shape index (κ1) is 31.7. The Kier molecular flexibility index (Phi) is 7.85. The smallest absolute Gasteiger partial charge is 0.386 e. The lowest BCUT2D eigenvalue weighted by atomic mass is 10.1. The van der Waals surface area contributed by atoms with E-state index >= 15 is 0 Å². The number of aromatic amines is 2. The summed E-state index contributed by atoms with van der Waals surface area (Å²) in [6.45, 7) is -9.96. The Labute approximate surface area is 265 Å². The van der Waals surface area contributed by atoms with E-state index in [1.807, 2.05) is 0 Å². The molecular weight excluding hydrogens is 698 g/mol. The van der Waals surface area contributed by atoms with Gasteiger partial charge in [-0.05, 0) is 0 Å². The number of rotatable bonds is 2. The summed E-state index contributed by atoms with van der Waals surface area (Å²) in [5, 5.41) is 22.5. The summed E-state index contributed by atoms with van der Waals surface area (Å²) in [6, 6.07) is 0. The molecule has 4 aromatic heterocycles. The maximum atomic E-state index is 13.4. The van der Waals surface area contributed by atoms with Gasteiger partial charge in [0, 0.05) is 0 Å². The first-order chi connectivity index (χ1) is 21.7. The summed E-state index contributed by atoms with van der Waals surface area (Å²) < 4.78 is 63.2. The Balaban J connectivity index is 1.18. The number of fused-ring (bicyclic) bond motifs is 4. The van der Waals surface area contributed by atoms with Crippen molar-refractivity contribution in [1.82, 2.24) is 39.0 Å². The highest BCUT2D eigenvalue weighted by Crippen LogP contribution is 2.60. The summed E-state index contributed by atoms with van der Waals surface area (Å²) in [5.74, 6) is -0.460. The summed E-state index contributed by atoms with van der Waals surface area (Å²) >= 11 is 8.07. The second-order valence-corrected chi connectivity index (χ2v) is 16.1. The zero-order valence-electron chi connectivity index (χ0n) is 22.8. The van der Waals surface area contributed by atoms with Crippen LogP contribution in [0.5, 0.6) is 0 Å². The summed E-state index contributed by atoms with van der Waals surface area (Å²) in [5.41, 5.74) is 9.74. The van der Waals surface area contributed by atoms with Crippen LogP contribution in [-0.4, -0.2) is 99.1 Å². The Bertz CT molecular complexity index is 1910. The minimum Gasteiger partial charge on any atom is -0.386 e. The summed E-state index contributed by atoms with van der Waals surface area (Å²) in [7, 11) is 0. The van der Waals surface area contributed by atoms with Gasteiger partial charge in [0.05, 0.1) is 25.9 Å². The van der Waals surface area contributed by atoms with Crippen molar-refractivity contribution in [2.24, 2.45) is 0 Å². The second kappa shape index (κ2) is 11.4. The highest BCUT2D eigenvalue weighted by Gasteiger charge is 2.53. The molecule has 248 valence electrons. The van der Waals surface area contributed by atoms with Gasteiger partial charge in [-0.1, -0.05) is 24.5 Å². The third-order valence-corrected chi connectivity index (χ3v) is 10.6. The van der Waals surface area contributed by atoms with E-state index in [1.54, 1.807) is 0 Å². The number of nitrogen functional groups attached to an aromatic ring is 2. The highest BCUT2D eigenvalue weighted by atomic mass is 32.7. The standard InChI is InChI=1S/C20H24N10O12P2S2/c21-19-25-13-7(15(33)27-19)23-3-29(13)17-9(31)11-5(39-17)1-37-43(35,45)42-12-6(2-38-44(36,46)41-11)40-18(10(12)32)30-4-24-8-14(30)26-20(22)28-16(8)34/h3-6,9-12,17-18,31-32H,1-2H2,(H,35,45)(H,36,46)(H3,21,25,27,33)(H3,22,26,28,34)/t5-,6-,9-,10-,11-,12-,17-,18-,43-,44-/m1/s1. The molecule has 3 saturated heterocycles. The van der Waals surface area contributed by atoms with Crippen molar-refractivity contribution in [3.8, 4) is 0 Å². The van der Waals surface area contributed by atoms with Gasteiger partial charge in [-0.3, -0.25) is 46.8 Å². The predicted octanol–water partition coefficient (Wildman–Crippen LogP) is -1.17. The van der Waals surface area contributed by atoms with Crippen molar-refractivity contribution in [2.45, 2.75) is 49.1 Å². The van der Waals surface area contributed by atoms with E-state index in [4.69, 9.17) is 39.0 Å². The molecule has 3 fully saturated rings. The lowest BCUT2D eigenvalue weighted by Crippen LogP contribution is -2.38. The van der Waals surface area contributed by atoms with Crippen LogP contribution < -0.4 is 22.6 Å². The topological polar surface area (TPSA) is 309 Å². The van der Waals surface area contributed by atoms with Crippen LogP contribution in [0.25, 0.3) is 22.3 Å². The van der Waals surface area contributed by atoms with Crippen LogP contribution in [0.4, 0.5) is 11.9 Å². The van der Waals surface area contributed by atoms with Gasteiger partial charge in [-0.2, -0.15) is 9.97 Å². The van der Waals surface area contributed by atoms with Crippen molar-refractivity contribution in [3.63, 3.8) is 0 Å². The number of aliphatic hydroxyl groups excluding tert-OH is 2. The van der Waals surface area contributed by atoms with Gasteiger partial charge in [0.25, 0.3) is 11.1 Å². The number of nitrogens with zero attached hydrogens (tertiary/aromatic N) is 6. The molecule has 3 aliphatic heterocycles. The van der Waals surface area contributed by atoms with Crippen molar-refractivity contribution >= 4 is 72.3 Å².